The zero-order valence-electron chi connectivity index (χ0n) is 9.10. The van der Waals surface area contributed by atoms with E-state index < -0.39 is 4.92 Å². The molecule has 0 radical (unpaired) electrons. The molecule has 0 saturated carbocycles. The first-order valence-corrected chi connectivity index (χ1v) is 4.87. The van der Waals surface area contributed by atoms with Gasteiger partial charge in [0.2, 0.25) is 0 Å². The Morgan fingerprint density at radius 3 is 2.94 bits per heavy atom. The number of benzene rings is 1. The van der Waals surface area contributed by atoms with Gasteiger partial charge in [-0.2, -0.15) is 0 Å². The van der Waals surface area contributed by atoms with Gasteiger partial charge >= 0.3 is 5.69 Å². The van der Waals surface area contributed by atoms with Crippen LogP contribution < -0.4 is 10.1 Å². The summed E-state index contributed by atoms with van der Waals surface area (Å²) in [5, 5.41) is 13.9. The van der Waals surface area contributed by atoms with E-state index in [1.807, 2.05) is 0 Å². The van der Waals surface area contributed by atoms with Crippen molar-refractivity contribution in [3.05, 3.63) is 41.0 Å². The maximum Gasteiger partial charge on any atom is 0.333 e. The average molecular weight is 222 g/mol. The predicted octanol–water partition coefficient (Wildman–Crippen LogP) is 2.59. The van der Waals surface area contributed by atoms with E-state index in [0.29, 0.717) is 12.2 Å². The van der Waals surface area contributed by atoms with E-state index in [1.54, 1.807) is 24.3 Å². The van der Waals surface area contributed by atoms with Crippen LogP contribution in [0.5, 0.6) is 5.75 Å². The average Bonchev–Trinajstić information content (AvgIpc) is 2.28. The SMILES string of the molecule is C=CCCNc1cccc(OC)c1[N+](=O)[O-]. The molecule has 0 saturated heterocycles. The van der Waals surface area contributed by atoms with E-state index in [1.165, 1.54) is 7.11 Å². The number of ether oxygens (including phenoxy) is 1. The van der Waals surface area contributed by atoms with Crippen molar-refractivity contribution < 1.29 is 9.66 Å². The molecular weight excluding hydrogens is 208 g/mol. The molecule has 0 aromatic heterocycles. The molecule has 86 valence electrons. The van der Waals surface area contributed by atoms with E-state index >= 15 is 0 Å². The maximum atomic E-state index is 10.9. The minimum atomic E-state index is -0.449. The molecule has 0 atom stereocenters. The van der Waals surface area contributed by atoms with Crippen LogP contribution in [0.25, 0.3) is 0 Å². The number of nitro groups is 1. The largest absolute Gasteiger partial charge is 0.490 e. The quantitative estimate of drug-likeness (QED) is 0.348. The second kappa shape index (κ2) is 5.75. The van der Waals surface area contributed by atoms with E-state index in [-0.39, 0.29) is 11.4 Å². The summed E-state index contributed by atoms with van der Waals surface area (Å²) in [5.74, 6) is 0.258. The molecule has 0 aliphatic carbocycles. The van der Waals surface area contributed by atoms with E-state index in [9.17, 15) is 10.1 Å². The Labute approximate surface area is 93.9 Å². The number of anilines is 1. The van der Waals surface area contributed by atoms with Crippen LogP contribution >= 0.6 is 0 Å². The molecule has 0 fully saturated rings. The van der Waals surface area contributed by atoms with E-state index in [4.69, 9.17) is 4.74 Å². The molecule has 1 N–H and O–H groups in total. The highest BCUT2D eigenvalue weighted by Crippen LogP contribution is 2.34. The van der Waals surface area contributed by atoms with Crippen LogP contribution in [0.1, 0.15) is 6.42 Å². The summed E-state index contributed by atoms with van der Waals surface area (Å²) in [6.45, 7) is 4.19. The van der Waals surface area contributed by atoms with Gasteiger partial charge in [-0.15, -0.1) is 6.58 Å². The number of rotatable bonds is 6. The lowest BCUT2D eigenvalue weighted by Gasteiger charge is -2.08. The van der Waals surface area contributed by atoms with Gasteiger partial charge in [-0.1, -0.05) is 12.1 Å². The minimum absolute atomic E-state index is 0.0333. The highest BCUT2D eigenvalue weighted by molar-refractivity contribution is 5.68. The third-order valence-electron chi connectivity index (χ3n) is 2.07. The Bertz CT molecular complexity index is 391. The fourth-order valence-electron chi connectivity index (χ4n) is 1.33. The molecule has 0 aliphatic rings. The topological polar surface area (TPSA) is 64.4 Å². The standard InChI is InChI=1S/C11H14N2O3/c1-3-4-8-12-9-6-5-7-10(16-2)11(9)13(14)15/h3,5-7,12H,1,4,8H2,2H3. The predicted molar refractivity (Wildman–Crippen MR) is 63.0 cm³/mol. The van der Waals surface area contributed by atoms with Crippen molar-refractivity contribution in [2.75, 3.05) is 19.0 Å². The maximum absolute atomic E-state index is 10.9. The summed E-state index contributed by atoms with van der Waals surface area (Å²) in [6.07, 6.45) is 2.49. The lowest BCUT2D eigenvalue weighted by Crippen LogP contribution is -2.04. The Hall–Kier alpha value is -2.04. The third-order valence-corrected chi connectivity index (χ3v) is 2.07. The molecular formula is C11H14N2O3. The van der Waals surface area contributed by atoms with Crippen LogP contribution in [-0.4, -0.2) is 18.6 Å². The number of hydrogen-bond acceptors (Lipinski definition) is 4. The van der Waals surface area contributed by atoms with Crippen LogP contribution in [0.3, 0.4) is 0 Å². The number of hydrogen-bond donors (Lipinski definition) is 1. The number of methoxy groups -OCH3 is 1. The summed E-state index contributed by atoms with van der Waals surface area (Å²) < 4.78 is 4.95. The van der Waals surface area contributed by atoms with Crippen molar-refractivity contribution in [2.45, 2.75) is 6.42 Å². The Morgan fingerprint density at radius 1 is 1.62 bits per heavy atom. The number of nitrogens with zero attached hydrogens (tertiary/aromatic N) is 1. The molecule has 5 nitrogen and oxygen atoms in total. The fraction of sp³-hybridized carbons (Fsp3) is 0.273. The van der Waals surface area contributed by atoms with Gasteiger partial charge in [-0.3, -0.25) is 10.1 Å². The fourth-order valence-corrected chi connectivity index (χ4v) is 1.33. The summed E-state index contributed by atoms with van der Waals surface area (Å²) >= 11 is 0. The van der Waals surface area contributed by atoms with Gasteiger partial charge in [0.05, 0.1) is 12.0 Å². The smallest absolute Gasteiger partial charge is 0.333 e. The van der Waals surface area contributed by atoms with Gasteiger partial charge in [-0.05, 0) is 18.6 Å². The Balaban J connectivity index is 2.97. The number of para-hydroxylation sites is 1. The summed E-state index contributed by atoms with van der Waals surface area (Å²) in [7, 11) is 1.41. The Morgan fingerprint density at radius 2 is 2.38 bits per heavy atom. The highest BCUT2D eigenvalue weighted by Gasteiger charge is 2.19. The van der Waals surface area contributed by atoms with Crippen molar-refractivity contribution in [2.24, 2.45) is 0 Å². The first-order chi connectivity index (χ1) is 7.70. The lowest BCUT2D eigenvalue weighted by molar-refractivity contribution is -0.384. The van der Waals surface area contributed by atoms with Gasteiger partial charge in [-0.25, -0.2) is 0 Å². The van der Waals surface area contributed by atoms with Gasteiger partial charge < -0.3 is 10.1 Å². The molecule has 0 amide bonds. The van der Waals surface area contributed by atoms with Gasteiger partial charge in [0.1, 0.15) is 5.69 Å². The van der Waals surface area contributed by atoms with Crippen molar-refractivity contribution in [1.82, 2.24) is 0 Å². The molecule has 0 spiro atoms. The molecule has 16 heavy (non-hydrogen) atoms. The monoisotopic (exact) mass is 222 g/mol. The zero-order valence-corrected chi connectivity index (χ0v) is 9.10. The van der Waals surface area contributed by atoms with Crippen molar-refractivity contribution >= 4 is 11.4 Å². The molecule has 0 bridgehead atoms. The van der Waals surface area contributed by atoms with Crippen LogP contribution in [0, 0.1) is 10.1 Å². The minimum Gasteiger partial charge on any atom is -0.490 e. The molecule has 5 heteroatoms. The van der Waals surface area contributed by atoms with E-state index in [2.05, 4.69) is 11.9 Å². The van der Waals surface area contributed by atoms with Crippen molar-refractivity contribution in [1.29, 1.82) is 0 Å². The van der Waals surface area contributed by atoms with Gasteiger partial charge in [0, 0.05) is 6.54 Å². The van der Waals surface area contributed by atoms with Crippen LogP contribution in [0.4, 0.5) is 11.4 Å². The molecule has 1 aromatic carbocycles. The highest BCUT2D eigenvalue weighted by atomic mass is 16.6. The second-order valence-electron chi connectivity index (χ2n) is 3.12. The van der Waals surface area contributed by atoms with Gasteiger partial charge in [0.15, 0.2) is 5.75 Å². The third kappa shape index (κ3) is 2.73. The normalized spacial score (nSPS) is 9.56. The number of nitro benzene ring substituents is 1. The van der Waals surface area contributed by atoms with Gasteiger partial charge in [0.25, 0.3) is 0 Å². The molecule has 1 rings (SSSR count). The molecule has 0 aliphatic heterocycles. The summed E-state index contributed by atoms with van der Waals surface area (Å²) in [5.41, 5.74) is 0.431. The first-order valence-electron chi connectivity index (χ1n) is 4.87. The molecule has 0 heterocycles. The zero-order chi connectivity index (χ0) is 12.0. The van der Waals surface area contributed by atoms with Crippen LogP contribution in [0.15, 0.2) is 30.9 Å². The lowest BCUT2D eigenvalue weighted by atomic mass is 10.2. The van der Waals surface area contributed by atoms with E-state index in [0.717, 1.165) is 6.42 Å². The van der Waals surface area contributed by atoms with Crippen molar-refractivity contribution in [3.8, 4) is 5.75 Å². The summed E-state index contributed by atoms with van der Waals surface area (Å²) in [6, 6.07) is 4.93. The van der Waals surface area contributed by atoms with Crippen LogP contribution in [-0.2, 0) is 0 Å². The second-order valence-corrected chi connectivity index (χ2v) is 3.12. The van der Waals surface area contributed by atoms with Crippen LogP contribution in [0.2, 0.25) is 0 Å². The summed E-state index contributed by atoms with van der Waals surface area (Å²) in [4.78, 5) is 10.5. The molecule has 0 unspecified atom stereocenters. The van der Waals surface area contributed by atoms with Crippen molar-refractivity contribution in [3.63, 3.8) is 0 Å². The molecule has 1 aromatic rings. The number of nitrogens with one attached hydrogen (secondary N) is 1. The first kappa shape index (κ1) is 12.0. The Kier molecular flexibility index (Phi) is 4.32.